The predicted octanol–water partition coefficient (Wildman–Crippen LogP) is 1.67. The molecule has 0 spiro atoms. The summed E-state index contributed by atoms with van der Waals surface area (Å²) in [4.78, 5) is 25.8. The van der Waals surface area contributed by atoms with Crippen LogP contribution in [0.4, 0.5) is 5.82 Å². The molecule has 0 N–H and O–H groups in total. The van der Waals surface area contributed by atoms with Crippen molar-refractivity contribution in [3.8, 4) is 0 Å². The molecule has 0 saturated carbocycles. The van der Waals surface area contributed by atoms with Crippen LogP contribution in [0, 0.1) is 6.92 Å². The van der Waals surface area contributed by atoms with Crippen molar-refractivity contribution in [2.75, 3.05) is 37.7 Å². The van der Waals surface area contributed by atoms with Crippen LogP contribution in [0.15, 0.2) is 30.6 Å². The minimum atomic E-state index is -0.164. The van der Waals surface area contributed by atoms with Crippen LogP contribution < -0.4 is 4.90 Å². The number of hydrogen-bond acceptors (Lipinski definition) is 7. The lowest BCUT2D eigenvalue weighted by Gasteiger charge is -2.33. The van der Waals surface area contributed by atoms with Crippen LogP contribution in [0.25, 0.3) is 11.2 Å². The minimum absolute atomic E-state index is 0.0328. The SMILES string of the molecule is Cc1ccc(C(=O)N2CCO[C@H](Cn3nnc4c(N5CCCC5)ncnc43)C2)cc1. The zero-order chi connectivity index (χ0) is 20.5. The van der Waals surface area contributed by atoms with Crippen molar-refractivity contribution in [3.63, 3.8) is 0 Å². The lowest BCUT2D eigenvalue weighted by atomic mass is 10.1. The van der Waals surface area contributed by atoms with Crippen molar-refractivity contribution in [2.24, 2.45) is 0 Å². The second kappa shape index (κ2) is 7.98. The summed E-state index contributed by atoms with van der Waals surface area (Å²) >= 11 is 0. The van der Waals surface area contributed by atoms with E-state index in [1.54, 1.807) is 11.0 Å². The summed E-state index contributed by atoms with van der Waals surface area (Å²) < 4.78 is 7.69. The standard InChI is InChI=1S/C21H25N7O2/c1-15-4-6-16(7-5-15)21(29)27-10-11-30-17(12-27)13-28-20-18(24-25-28)19(22-14-23-20)26-8-2-3-9-26/h4-7,14,17H,2-3,8-13H2,1H3/t17-/m0/s1. The fraction of sp³-hybridized carbons (Fsp3) is 0.476. The fourth-order valence-electron chi connectivity index (χ4n) is 4.15. The minimum Gasteiger partial charge on any atom is -0.373 e. The molecule has 5 rings (SSSR count). The Balaban J connectivity index is 1.32. The van der Waals surface area contributed by atoms with Crippen LogP contribution >= 0.6 is 0 Å². The van der Waals surface area contributed by atoms with Crippen LogP contribution in [-0.2, 0) is 11.3 Å². The van der Waals surface area contributed by atoms with Gasteiger partial charge in [0.1, 0.15) is 6.33 Å². The van der Waals surface area contributed by atoms with Gasteiger partial charge in [0, 0.05) is 31.7 Å². The zero-order valence-corrected chi connectivity index (χ0v) is 17.1. The average molecular weight is 407 g/mol. The Morgan fingerprint density at radius 3 is 2.73 bits per heavy atom. The van der Waals surface area contributed by atoms with Crippen molar-refractivity contribution in [1.29, 1.82) is 0 Å². The molecule has 3 aromatic rings. The van der Waals surface area contributed by atoms with Gasteiger partial charge in [0.05, 0.1) is 19.3 Å². The molecule has 2 aliphatic rings. The van der Waals surface area contributed by atoms with E-state index in [1.165, 1.54) is 12.8 Å². The molecule has 0 aliphatic carbocycles. The van der Waals surface area contributed by atoms with Crippen LogP contribution in [0.2, 0.25) is 0 Å². The summed E-state index contributed by atoms with van der Waals surface area (Å²) in [6.45, 7) is 6.08. The third-order valence-electron chi connectivity index (χ3n) is 5.79. The van der Waals surface area contributed by atoms with E-state index in [2.05, 4.69) is 25.2 Å². The van der Waals surface area contributed by atoms with E-state index in [-0.39, 0.29) is 12.0 Å². The molecule has 2 fully saturated rings. The van der Waals surface area contributed by atoms with Gasteiger partial charge in [-0.25, -0.2) is 14.6 Å². The number of fused-ring (bicyclic) bond motifs is 1. The molecule has 0 unspecified atom stereocenters. The van der Waals surface area contributed by atoms with E-state index in [0.29, 0.717) is 37.5 Å². The van der Waals surface area contributed by atoms with E-state index in [1.807, 2.05) is 36.1 Å². The number of carbonyl (C=O) groups excluding carboxylic acids is 1. The number of morpholine rings is 1. The molecule has 0 bridgehead atoms. The second-order valence-corrected chi connectivity index (χ2v) is 7.95. The maximum Gasteiger partial charge on any atom is 0.254 e. The molecule has 2 aliphatic heterocycles. The molecule has 1 atom stereocenters. The van der Waals surface area contributed by atoms with Crippen molar-refractivity contribution in [2.45, 2.75) is 32.4 Å². The highest BCUT2D eigenvalue weighted by molar-refractivity contribution is 5.94. The van der Waals surface area contributed by atoms with Crippen LogP contribution in [0.3, 0.4) is 0 Å². The van der Waals surface area contributed by atoms with Crippen molar-refractivity contribution < 1.29 is 9.53 Å². The normalized spacial score (nSPS) is 19.6. The van der Waals surface area contributed by atoms with Gasteiger partial charge in [0.15, 0.2) is 17.0 Å². The number of ether oxygens (including phenoxy) is 1. The number of amides is 1. The van der Waals surface area contributed by atoms with Gasteiger partial charge in [-0.15, -0.1) is 5.10 Å². The Morgan fingerprint density at radius 2 is 1.93 bits per heavy atom. The van der Waals surface area contributed by atoms with Gasteiger partial charge < -0.3 is 14.5 Å². The van der Waals surface area contributed by atoms with Crippen LogP contribution in [0.5, 0.6) is 0 Å². The second-order valence-electron chi connectivity index (χ2n) is 7.95. The Kier molecular flexibility index (Phi) is 5.04. The molecule has 2 saturated heterocycles. The predicted molar refractivity (Wildman–Crippen MR) is 111 cm³/mol. The lowest BCUT2D eigenvalue weighted by molar-refractivity contribution is -0.0297. The molecule has 9 nitrogen and oxygen atoms in total. The van der Waals surface area contributed by atoms with Gasteiger partial charge in [0.25, 0.3) is 5.91 Å². The van der Waals surface area contributed by atoms with E-state index in [0.717, 1.165) is 30.0 Å². The van der Waals surface area contributed by atoms with Gasteiger partial charge in [-0.1, -0.05) is 22.9 Å². The fourth-order valence-corrected chi connectivity index (χ4v) is 4.15. The highest BCUT2D eigenvalue weighted by atomic mass is 16.5. The van der Waals surface area contributed by atoms with Crippen LogP contribution in [0.1, 0.15) is 28.8 Å². The van der Waals surface area contributed by atoms with E-state index < -0.39 is 0 Å². The number of benzene rings is 1. The summed E-state index contributed by atoms with van der Waals surface area (Å²) in [6, 6.07) is 7.68. The molecular weight excluding hydrogens is 382 g/mol. The van der Waals surface area contributed by atoms with Crippen molar-refractivity contribution in [3.05, 3.63) is 41.7 Å². The third kappa shape index (κ3) is 3.60. The van der Waals surface area contributed by atoms with Crippen LogP contribution in [-0.4, -0.2) is 74.7 Å². The lowest BCUT2D eigenvalue weighted by Crippen LogP contribution is -2.47. The van der Waals surface area contributed by atoms with Gasteiger partial charge in [-0.2, -0.15) is 0 Å². The summed E-state index contributed by atoms with van der Waals surface area (Å²) in [5.74, 6) is 0.884. The quantitative estimate of drug-likeness (QED) is 0.650. The number of nitrogens with zero attached hydrogens (tertiary/aromatic N) is 7. The largest absolute Gasteiger partial charge is 0.373 e. The molecule has 1 amide bonds. The average Bonchev–Trinajstić information content (AvgIpc) is 3.45. The summed E-state index contributed by atoms with van der Waals surface area (Å²) in [5.41, 5.74) is 3.27. The Bertz CT molecular complexity index is 1040. The third-order valence-corrected chi connectivity index (χ3v) is 5.79. The van der Waals surface area contributed by atoms with E-state index in [4.69, 9.17) is 4.74 Å². The Hall–Kier alpha value is -3.07. The summed E-state index contributed by atoms with van der Waals surface area (Å²) in [5, 5.41) is 8.66. The van der Waals surface area contributed by atoms with Gasteiger partial charge in [0.2, 0.25) is 0 Å². The van der Waals surface area contributed by atoms with Crippen molar-refractivity contribution >= 4 is 22.9 Å². The molecule has 9 heteroatoms. The zero-order valence-electron chi connectivity index (χ0n) is 17.1. The summed E-state index contributed by atoms with van der Waals surface area (Å²) in [7, 11) is 0. The number of aromatic nitrogens is 5. The summed E-state index contributed by atoms with van der Waals surface area (Å²) in [6.07, 6.45) is 3.74. The number of carbonyl (C=O) groups is 1. The van der Waals surface area contributed by atoms with Crippen molar-refractivity contribution in [1.82, 2.24) is 29.9 Å². The molecule has 0 radical (unpaired) electrons. The number of aryl methyl sites for hydroxylation is 1. The van der Waals surface area contributed by atoms with Gasteiger partial charge in [-0.3, -0.25) is 4.79 Å². The molecule has 1 aromatic carbocycles. The highest BCUT2D eigenvalue weighted by Gasteiger charge is 2.27. The smallest absolute Gasteiger partial charge is 0.254 e. The van der Waals surface area contributed by atoms with Gasteiger partial charge >= 0.3 is 0 Å². The topological polar surface area (TPSA) is 89.3 Å². The first-order valence-corrected chi connectivity index (χ1v) is 10.5. The Labute approximate surface area is 174 Å². The maximum absolute atomic E-state index is 12.9. The highest BCUT2D eigenvalue weighted by Crippen LogP contribution is 2.24. The van der Waals surface area contributed by atoms with Gasteiger partial charge in [-0.05, 0) is 31.9 Å². The first kappa shape index (κ1) is 18.9. The van der Waals surface area contributed by atoms with E-state index >= 15 is 0 Å². The monoisotopic (exact) mass is 407 g/mol. The maximum atomic E-state index is 12.9. The molecule has 156 valence electrons. The molecular formula is C21H25N7O2. The first-order valence-electron chi connectivity index (χ1n) is 10.5. The molecule has 2 aromatic heterocycles. The number of anilines is 1. The Morgan fingerprint density at radius 1 is 1.13 bits per heavy atom. The number of hydrogen-bond donors (Lipinski definition) is 0. The molecule has 30 heavy (non-hydrogen) atoms. The first-order chi connectivity index (χ1) is 14.7. The van der Waals surface area contributed by atoms with E-state index in [9.17, 15) is 4.79 Å². The number of rotatable bonds is 4. The molecule has 4 heterocycles.